The van der Waals surface area contributed by atoms with Gasteiger partial charge in [-0.05, 0) is 12.1 Å². The molecule has 4 heteroatoms. The van der Waals surface area contributed by atoms with Crippen molar-refractivity contribution in [1.82, 2.24) is 9.55 Å². The van der Waals surface area contributed by atoms with Gasteiger partial charge in [0.2, 0.25) is 0 Å². The quantitative estimate of drug-likeness (QED) is 0.745. The molecule has 1 aromatic heterocycles. The number of hydrogen-bond acceptors (Lipinski definition) is 2. The zero-order chi connectivity index (χ0) is 11.8. The van der Waals surface area contributed by atoms with Crippen LogP contribution in [-0.4, -0.2) is 17.6 Å². The maximum absolute atomic E-state index is 12.2. The van der Waals surface area contributed by atoms with Crippen LogP contribution in [0.15, 0.2) is 35.4 Å². The second-order valence-electron chi connectivity index (χ2n) is 5.26. The van der Waals surface area contributed by atoms with Gasteiger partial charge in [0.1, 0.15) is 0 Å². The van der Waals surface area contributed by atoms with E-state index in [2.05, 4.69) is 24.6 Å². The summed E-state index contributed by atoms with van der Waals surface area (Å²) in [6.07, 6.45) is 2.49. The van der Waals surface area contributed by atoms with E-state index in [1.54, 1.807) is 10.9 Å². The summed E-state index contributed by atoms with van der Waals surface area (Å²) in [5.74, 6) is 0. The molecule has 0 amide bonds. The molecule has 0 atom stereocenters. The maximum Gasteiger partial charge on any atom is 0.260 e. The third kappa shape index (κ3) is 2.22. The van der Waals surface area contributed by atoms with Crippen LogP contribution in [0, 0.1) is 0 Å². The van der Waals surface area contributed by atoms with Gasteiger partial charge in [-0.15, -0.1) is 0 Å². The summed E-state index contributed by atoms with van der Waals surface area (Å²) in [6.45, 7) is 6.73. The van der Waals surface area contributed by atoms with E-state index in [0.717, 1.165) is 11.7 Å². The van der Waals surface area contributed by atoms with E-state index in [9.17, 15) is 4.79 Å². The average molecular weight is 232 g/mol. The highest BCUT2D eigenvalue weighted by Gasteiger charge is 2.15. The van der Waals surface area contributed by atoms with Crippen LogP contribution in [-0.2, 0) is 6.17 Å². The summed E-state index contributed by atoms with van der Waals surface area (Å²) in [4.78, 5) is 16.5. The summed E-state index contributed by atoms with van der Waals surface area (Å²) in [7, 11) is -1.29. The summed E-state index contributed by atoms with van der Waals surface area (Å²) < 4.78 is 1.74. The number of benzene rings is 1. The molecular weight excluding hydrogens is 216 g/mol. The van der Waals surface area contributed by atoms with Crippen LogP contribution in [0.3, 0.4) is 0 Å². The van der Waals surface area contributed by atoms with Gasteiger partial charge in [0.15, 0.2) is 0 Å². The normalized spacial score (nSPS) is 11.9. The molecule has 0 aliphatic carbocycles. The lowest BCUT2D eigenvalue weighted by Gasteiger charge is -2.17. The number of para-hydroxylation sites is 1. The van der Waals surface area contributed by atoms with E-state index in [1.165, 1.54) is 0 Å². The van der Waals surface area contributed by atoms with E-state index >= 15 is 0 Å². The Morgan fingerprint density at radius 1 is 1.25 bits per heavy atom. The second kappa shape index (κ2) is 3.86. The highest BCUT2D eigenvalue weighted by molar-refractivity contribution is 6.74. The first-order chi connectivity index (χ1) is 7.47. The molecule has 16 heavy (non-hydrogen) atoms. The lowest BCUT2D eigenvalue weighted by Crippen LogP contribution is -2.34. The van der Waals surface area contributed by atoms with Crippen molar-refractivity contribution < 1.29 is 0 Å². The number of aromatic nitrogens is 2. The van der Waals surface area contributed by atoms with Crippen molar-refractivity contribution in [3.8, 4) is 0 Å². The first-order valence-corrected chi connectivity index (χ1v) is 9.12. The minimum atomic E-state index is -1.29. The van der Waals surface area contributed by atoms with Crippen LogP contribution >= 0.6 is 0 Å². The van der Waals surface area contributed by atoms with Gasteiger partial charge in [0.05, 0.1) is 25.3 Å². The van der Waals surface area contributed by atoms with Crippen molar-refractivity contribution in [3.63, 3.8) is 0 Å². The number of hydrogen-bond donors (Lipinski definition) is 0. The van der Waals surface area contributed by atoms with Crippen molar-refractivity contribution in [2.45, 2.75) is 25.8 Å². The van der Waals surface area contributed by atoms with Crippen molar-refractivity contribution in [1.29, 1.82) is 0 Å². The fourth-order valence-electron chi connectivity index (χ4n) is 1.73. The molecule has 0 bridgehead atoms. The molecule has 0 N–H and O–H groups in total. The van der Waals surface area contributed by atoms with Gasteiger partial charge >= 0.3 is 0 Å². The Balaban J connectivity index is 2.57. The molecule has 0 saturated carbocycles. The van der Waals surface area contributed by atoms with Crippen LogP contribution in [0.5, 0.6) is 0 Å². The van der Waals surface area contributed by atoms with Crippen LogP contribution in [0.25, 0.3) is 10.9 Å². The molecule has 1 heterocycles. The van der Waals surface area contributed by atoms with Gasteiger partial charge < -0.3 is 4.57 Å². The number of nitrogens with zero attached hydrogens (tertiary/aromatic N) is 2. The molecule has 2 rings (SSSR count). The van der Waals surface area contributed by atoms with Crippen LogP contribution < -0.4 is 5.56 Å². The van der Waals surface area contributed by atoms with E-state index in [4.69, 9.17) is 0 Å². The van der Waals surface area contributed by atoms with Crippen molar-refractivity contribution in [2.24, 2.45) is 0 Å². The van der Waals surface area contributed by atoms with Crippen molar-refractivity contribution in [2.75, 3.05) is 0 Å². The van der Waals surface area contributed by atoms with Gasteiger partial charge in [-0.25, -0.2) is 4.98 Å². The van der Waals surface area contributed by atoms with E-state index in [0.29, 0.717) is 5.39 Å². The average Bonchev–Trinajstić information content (AvgIpc) is 2.21. The fourth-order valence-corrected chi connectivity index (χ4v) is 2.98. The van der Waals surface area contributed by atoms with E-state index in [1.807, 2.05) is 24.3 Å². The molecule has 3 nitrogen and oxygen atoms in total. The molecule has 1 aromatic carbocycles. The largest absolute Gasteiger partial charge is 0.302 e. The van der Waals surface area contributed by atoms with Gasteiger partial charge in [-0.1, -0.05) is 31.8 Å². The fraction of sp³-hybridized carbons (Fsp3) is 0.333. The Labute approximate surface area is 95.8 Å². The minimum Gasteiger partial charge on any atom is -0.302 e. The molecular formula is C12H16N2OSi. The highest BCUT2D eigenvalue weighted by atomic mass is 28.3. The lowest BCUT2D eigenvalue weighted by molar-refractivity contribution is 0.793. The summed E-state index contributed by atoms with van der Waals surface area (Å²) in [5.41, 5.74) is 0.854. The molecule has 0 spiro atoms. The topological polar surface area (TPSA) is 34.9 Å². The molecule has 0 saturated heterocycles. The number of rotatable bonds is 2. The predicted octanol–water partition coefficient (Wildman–Crippen LogP) is 2.27. The molecule has 0 aliphatic rings. The third-order valence-electron chi connectivity index (χ3n) is 2.38. The monoisotopic (exact) mass is 232 g/mol. The van der Waals surface area contributed by atoms with E-state index in [-0.39, 0.29) is 5.56 Å². The standard InChI is InChI=1S/C12H16N2OSi/c1-16(2,3)9-14-8-13-11-7-5-4-6-10(11)12(14)15/h4-8H,9H2,1-3H3. The first kappa shape index (κ1) is 11.1. The minimum absolute atomic E-state index is 0.0769. The highest BCUT2D eigenvalue weighted by Crippen LogP contribution is 2.07. The molecule has 84 valence electrons. The van der Waals surface area contributed by atoms with Crippen molar-refractivity contribution in [3.05, 3.63) is 40.9 Å². The molecule has 0 unspecified atom stereocenters. The Bertz CT molecular complexity index is 569. The van der Waals surface area contributed by atoms with Crippen molar-refractivity contribution >= 4 is 19.0 Å². The lowest BCUT2D eigenvalue weighted by atomic mass is 10.2. The summed E-state index contributed by atoms with van der Waals surface area (Å²) >= 11 is 0. The van der Waals surface area contributed by atoms with Crippen LogP contribution in [0.1, 0.15) is 0 Å². The maximum atomic E-state index is 12.2. The summed E-state index contributed by atoms with van der Waals surface area (Å²) in [5, 5.41) is 0.711. The number of fused-ring (bicyclic) bond motifs is 1. The molecule has 0 radical (unpaired) electrons. The Morgan fingerprint density at radius 2 is 1.94 bits per heavy atom. The smallest absolute Gasteiger partial charge is 0.260 e. The van der Waals surface area contributed by atoms with Crippen LogP contribution in [0.2, 0.25) is 19.6 Å². The SMILES string of the molecule is C[Si](C)(C)Cn1cnc2ccccc2c1=O. The van der Waals surface area contributed by atoms with Gasteiger partial charge in [-0.3, -0.25) is 4.79 Å². The summed E-state index contributed by atoms with van der Waals surface area (Å²) in [6, 6.07) is 7.49. The van der Waals surface area contributed by atoms with Crippen LogP contribution in [0.4, 0.5) is 0 Å². The zero-order valence-corrected chi connectivity index (χ0v) is 10.9. The predicted molar refractivity (Wildman–Crippen MR) is 69.3 cm³/mol. The molecule has 2 aromatic rings. The van der Waals surface area contributed by atoms with E-state index < -0.39 is 8.07 Å². The van der Waals surface area contributed by atoms with Gasteiger partial charge in [0, 0.05) is 6.17 Å². The first-order valence-electron chi connectivity index (χ1n) is 5.41. The zero-order valence-electron chi connectivity index (χ0n) is 9.90. The third-order valence-corrected chi connectivity index (χ3v) is 3.67. The van der Waals surface area contributed by atoms with Gasteiger partial charge in [0.25, 0.3) is 5.56 Å². The Hall–Kier alpha value is -1.42. The molecule has 0 fully saturated rings. The Kier molecular flexibility index (Phi) is 2.67. The molecule has 0 aliphatic heterocycles. The Morgan fingerprint density at radius 3 is 2.62 bits per heavy atom. The van der Waals surface area contributed by atoms with Gasteiger partial charge in [-0.2, -0.15) is 0 Å². The second-order valence-corrected chi connectivity index (χ2v) is 10.7.